The van der Waals surface area contributed by atoms with Gasteiger partial charge in [0.1, 0.15) is 6.07 Å². The van der Waals surface area contributed by atoms with Crippen LogP contribution in [0.1, 0.15) is 25.3 Å². The van der Waals surface area contributed by atoms with E-state index in [2.05, 4.69) is 4.72 Å². The summed E-state index contributed by atoms with van der Waals surface area (Å²) < 4.78 is 26.5. The van der Waals surface area contributed by atoms with Crippen molar-refractivity contribution in [1.82, 2.24) is 4.72 Å². The predicted molar refractivity (Wildman–Crippen MR) is 72.8 cm³/mol. The van der Waals surface area contributed by atoms with Crippen LogP contribution in [0.3, 0.4) is 0 Å². The Kier molecular flexibility index (Phi) is 5.51. The second-order valence-electron chi connectivity index (χ2n) is 4.08. The maximum atomic E-state index is 12.1. The van der Waals surface area contributed by atoms with Crippen molar-refractivity contribution in [2.24, 2.45) is 0 Å². The minimum Gasteiger partial charge on any atom is -0.481 e. The average molecular weight is 317 g/mol. The minimum atomic E-state index is -3.87. The van der Waals surface area contributed by atoms with Gasteiger partial charge in [-0.1, -0.05) is 18.5 Å². The molecule has 0 spiro atoms. The van der Waals surface area contributed by atoms with Gasteiger partial charge in [-0.2, -0.15) is 5.26 Å². The molecule has 1 aromatic rings. The van der Waals surface area contributed by atoms with Gasteiger partial charge >= 0.3 is 5.97 Å². The van der Waals surface area contributed by atoms with Crippen molar-refractivity contribution < 1.29 is 18.3 Å². The molecule has 0 saturated carbocycles. The van der Waals surface area contributed by atoms with E-state index in [0.717, 1.165) is 6.07 Å². The van der Waals surface area contributed by atoms with Crippen LogP contribution in [0.15, 0.2) is 23.1 Å². The van der Waals surface area contributed by atoms with Gasteiger partial charge in [0.05, 0.1) is 21.9 Å². The smallest absolute Gasteiger partial charge is 0.304 e. The van der Waals surface area contributed by atoms with Crippen LogP contribution in [-0.2, 0) is 14.8 Å². The van der Waals surface area contributed by atoms with Gasteiger partial charge in [0.15, 0.2) is 0 Å². The van der Waals surface area contributed by atoms with Crippen LogP contribution in [0.5, 0.6) is 0 Å². The number of nitrogens with zero attached hydrogens (tertiary/aromatic N) is 1. The van der Waals surface area contributed by atoms with E-state index in [1.807, 2.05) is 6.07 Å². The lowest BCUT2D eigenvalue weighted by Gasteiger charge is -2.15. The monoisotopic (exact) mass is 316 g/mol. The first-order valence-corrected chi connectivity index (χ1v) is 7.60. The largest absolute Gasteiger partial charge is 0.481 e. The molecule has 6 nitrogen and oxygen atoms in total. The summed E-state index contributed by atoms with van der Waals surface area (Å²) in [5.74, 6) is -1.09. The summed E-state index contributed by atoms with van der Waals surface area (Å²) in [6, 6.07) is 4.84. The van der Waals surface area contributed by atoms with Crippen molar-refractivity contribution in [2.75, 3.05) is 0 Å². The highest BCUT2D eigenvalue weighted by Gasteiger charge is 2.21. The molecule has 0 aliphatic rings. The molecule has 0 saturated heterocycles. The Balaban J connectivity index is 3.02. The second kappa shape index (κ2) is 6.70. The lowest BCUT2D eigenvalue weighted by molar-refractivity contribution is -0.137. The van der Waals surface area contributed by atoms with Crippen LogP contribution in [-0.4, -0.2) is 25.5 Å². The van der Waals surface area contributed by atoms with Crippen molar-refractivity contribution in [2.45, 2.75) is 30.7 Å². The number of carboxylic acids is 1. The van der Waals surface area contributed by atoms with E-state index < -0.39 is 22.0 Å². The number of rotatable bonds is 6. The summed E-state index contributed by atoms with van der Waals surface area (Å²) in [4.78, 5) is 10.5. The highest BCUT2D eigenvalue weighted by atomic mass is 35.5. The fourth-order valence-electron chi connectivity index (χ4n) is 1.52. The number of sulfonamides is 1. The first-order chi connectivity index (χ1) is 9.30. The topological polar surface area (TPSA) is 107 Å². The number of aliphatic carboxylic acids is 1. The molecule has 0 heterocycles. The van der Waals surface area contributed by atoms with Gasteiger partial charge in [-0.25, -0.2) is 13.1 Å². The predicted octanol–water partition coefficient (Wildman–Crippen LogP) is 1.74. The van der Waals surface area contributed by atoms with Crippen molar-refractivity contribution in [3.8, 4) is 6.07 Å². The zero-order valence-corrected chi connectivity index (χ0v) is 12.2. The van der Waals surface area contributed by atoms with E-state index in [1.54, 1.807) is 6.92 Å². The number of halogens is 1. The van der Waals surface area contributed by atoms with E-state index in [9.17, 15) is 13.2 Å². The fourth-order valence-corrected chi connectivity index (χ4v) is 3.15. The molecule has 1 unspecified atom stereocenters. The Hall–Kier alpha value is -1.62. The van der Waals surface area contributed by atoms with Gasteiger partial charge < -0.3 is 5.11 Å². The van der Waals surface area contributed by atoms with E-state index in [4.69, 9.17) is 22.0 Å². The second-order valence-corrected chi connectivity index (χ2v) is 6.20. The summed E-state index contributed by atoms with van der Waals surface area (Å²) in [5, 5.41) is 17.5. The summed E-state index contributed by atoms with van der Waals surface area (Å²) in [6.45, 7) is 1.68. The highest BCUT2D eigenvalue weighted by molar-refractivity contribution is 7.89. The van der Waals surface area contributed by atoms with Gasteiger partial charge in [0.2, 0.25) is 10.0 Å². The van der Waals surface area contributed by atoms with Crippen LogP contribution >= 0.6 is 11.6 Å². The lowest BCUT2D eigenvalue weighted by Crippen LogP contribution is -2.36. The van der Waals surface area contributed by atoms with Crippen LogP contribution in [0.25, 0.3) is 0 Å². The maximum absolute atomic E-state index is 12.1. The first-order valence-electron chi connectivity index (χ1n) is 5.74. The molecule has 0 bridgehead atoms. The van der Waals surface area contributed by atoms with E-state index in [1.165, 1.54) is 12.1 Å². The first kappa shape index (κ1) is 16.4. The number of nitrogens with one attached hydrogen (secondary N) is 1. The average Bonchev–Trinajstić information content (AvgIpc) is 2.36. The SMILES string of the molecule is CCC(CC(=O)O)NS(=O)(=O)c1ccc(C#N)c(Cl)c1. The summed E-state index contributed by atoms with van der Waals surface area (Å²) in [5.41, 5.74) is 0.170. The number of benzene rings is 1. The zero-order valence-electron chi connectivity index (χ0n) is 10.6. The lowest BCUT2D eigenvalue weighted by atomic mass is 10.2. The number of hydrogen-bond acceptors (Lipinski definition) is 4. The zero-order chi connectivity index (χ0) is 15.3. The molecule has 0 fully saturated rings. The Morgan fingerprint density at radius 2 is 2.20 bits per heavy atom. The van der Waals surface area contributed by atoms with Crippen LogP contribution in [0.2, 0.25) is 5.02 Å². The number of nitriles is 1. The van der Waals surface area contributed by atoms with E-state index in [0.29, 0.717) is 6.42 Å². The Bertz CT molecular complexity index is 652. The normalized spacial score (nSPS) is 12.7. The third-order valence-electron chi connectivity index (χ3n) is 2.61. The Labute approximate surface area is 122 Å². The molecule has 1 aromatic carbocycles. The van der Waals surface area contributed by atoms with E-state index in [-0.39, 0.29) is 21.9 Å². The van der Waals surface area contributed by atoms with Crippen LogP contribution in [0, 0.1) is 11.3 Å². The Morgan fingerprint density at radius 3 is 2.65 bits per heavy atom. The maximum Gasteiger partial charge on any atom is 0.304 e. The van der Waals surface area contributed by atoms with Gasteiger partial charge in [0.25, 0.3) is 0 Å². The highest BCUT2D eigenvalue weighted by Crippen LogP contribution is 2.20. The molecule has 0 amide bonds. The van der Waals surface area contributed by atoms with Crippen molar-refractivity contribution >= 4 is 27.6 Å². The van der Waals surface area contributed by atoms with Crippen LogP contribution in [0.4, 0.5) is 0 Å². The third kappa shape index (κ3) is 4.20. The van der Waals surface area contributed by atoms with Gasteiger partial charge in [-0.3, -0.25) is 4.79 Å². The Morgan fingerprint density at radius 1 is 1.55 bits per heavy atom. The molecule has 0 aromatic heterocycles. The third-order valence-corrected chi connectivity index (χ3v) is 4.44. The quantitative estimate of drug-likeness (QED) is 0.831. The number of carboxylic acid groups (broad SMARTS) is 1. The molecular weight excluding hydrogens is 304 g/mol. The minimum absolute atomic E-state index is 0.0293. The van der Waals surface area contributed by atoms with Gasteiger partial charge in [-0.05, 0) is 24.6 Å². The van der Waals surface area contributed by atoms with Gasteiger partial charge in [0, 0.05) is 6.04 Å². The van der Waals surface area contributed by atoms with E-state index >= 15 is 0 Å². The molecule has 2 N–H and O–H groups in total. The molecule has 108 valence electrons. The van der Waals surface area contributed by atoms with Gasteiger partial charge in [-0.15, -0.1) is 0 Å². The standard InChI is InChI=1S/C12H13ClN2O4S/c1-2-9(5-12(16)17)15-20(18,19)10-4-3-8(7-14)11(13)6-10/h3-4,6,9,15H,2,5H2,1H3,(H,16,17). The summed E-state index contributed by atoms with van der Waals surface area (Å²) in [7, 11) is -3.87. The van der Waals surface area contributed by atoms with Crippen molar-refractivity contribution in [1.29, 1.82) is 5.26 Å². The molecule has 8 heteroatoms. The van der Waals surface area contributed by atoms with Crippen molar-refractivity contribution in [3.05, 3.63) is 28.8 Å². The molecule has 1 rings (SSSR count). The summed E-state index contributed by atoms with van der Waals surface area (Å²) >= 11 is 5.78. The number of carbonyl (C=O) groups is 1. The van der Waals surface area contributed by atoms with Crippen molar-refractivity contribution in [3.63, 3.8) is 0 Å². The molecular formula is C12H13ClN2O4S. The molecule has 0 aliphatic carbocycles. The molecule has 0 radical (unpaired) electrons. The summed E-state index contributed by atoms with van der Waals surface area (Å²) in [6.07, 6.45) is 0.0370. The molecule has 0 aliphatic heterocycles. The molecule has 20 heavy (non-hydrogen) atoms. The van der Waals surface area contributed by atoms with Crippen LogP contribution < -0.4 is 4.72 Å². The number of hydrogen-bond donors (Lipinski definition) is 2. The molecule has 1 atom stereocenters. The fraction of sp³-hybridized carbons (Fsp3) is 0.333.